The number of Topliss-reactive ketones (excluding diaryl/α,β-unsaturated/α-hetero) is 2. The van der Waals surface area contributed by atoms with Crippen LogP contribution >= 0.6 is 0 Å². The molecular formula is C15H17NO2. The number of nitrogens with zero attached hydrogens (tertiary/aromatic N) is 1. The number of likely N-dealkylation sites (tertiary alicyclic amines) is 1. The van der Waals surface area contributed by atoms with Crippen LogP contribution in [0.5, 0.6) is 0 Å². The van der Waals surface area contributed by atoms with Crippen molar-refractivity contribution in [2.75, 3.05) is 13.1 Å². The van der Waals surface area contributed by atoms with E-state index in [2.05, 4.69) is 17.0 Å². The predicted molar refractivity (Wildman–Crippen MR) is 67.9 cm³/mol. The van der Waals surface area contributed by atoms with Crippen LogP contribution in [0.4, 0.5) is 0 Å². The van der Waals surface area contributed by atoms with Gasteiger partial charge in [0, 0.05) is 44.3 Å². The van der Waals surface area contributed by atoms with Crippen molar-refractivity contribution >= 4 is 11.6 Å². The van der Waals surface area contributed by atoms with Gasteiger partial charge in [0.25, 0.3) is 0 Å². The summed E-state index contributed by atoms with van der Waals surface area (Å²) in [6, 6.07) is 10.3. The number of ketones is 2. The average molecular weight is 243 g/mol. The first kappa shape index (κ1) is 11.6. The number of carbonyl (C=O) groups excluding carboxylic acids is 2. The molecule has 1 aliphatic heterocycles. The van der Waals surface area contributed by atoms with Gasteiger partial charge in [0.1, 0.15) is 11.6 Å². The normalized spacial score (nSPS) is 28.4. The van der Waals surface area contributed by atoms with Crippen LogP contribution in [0.1, 0.15) is 18.4 Å². The molecule has 3 heteroatoms. The van der Waals surface area contributed by atoms with Crippen LogP contribution in [-0.2, 0) is 16.1 Å². The molecule has 1 saturated carbocycles. The van der Waals surface area contributed by atoms with E-state index in [1.807, 2.05) is 18.2 Å². The third-order valence-corrected chi connectivity index (χ3v) is 3.96. The lowest BCUT2D eigenvalue weighted by atomic mass is 9.76. The summed E-state index contributed by atoms with van der Waals surface area (Å²) in [4.78, 5) is 25.8. The van der Waals surface area contributed by atoms with Gasteiger partial charge in [-0.1, -0.05) is 30.3 Å². The number of carbonyl (C=O) groups is 2. The van der Waals surface area contributed by atoms with E-state index in [-0.39, 0.29) is 17.6 Å². The lowest BCUT2D eigenvalue weighted by Crippen LogP contribution is -2.50. The molecule has 18 heavy (non-hydrogen) atoms. The van der Waals surface area contributed by atoms with Gasteiger partial charge in [0.05, 0.1) is 0 Å². The molecule has 0 aromatic heterocycles. The van der Waals surface area contributed by atoms with Gasteiger partial charge in [-0.15, -0.1) is 0 Å². The Morgan fingerprint density at radius 1 is 1.00 bits per heavy atom. The van der Waals surface area contributed by atoms with E-state index in [9.17, 15) is 9.59 Å². The fraction of sp³-hybridized carbons (Fsp3) is 0.467. The maximum absolute atomic E-state index is 12.0. The molecule has 3 nitrogen and oxygen atoms in total. The number of fused-ring (bicyclic) bond motifs is 2. The highest BCUT2D eigenvalue weighted by Gasteiger charge is 2.40. The third kappa shape index (κ3) is 2.23. The summed E-state index contributed by atoms with van der Waals surface area (Å²) in [6.45, 7) is 2.38. The summed E-state index contributed by atoms with van der Waals surface area (Å²) in [5, 5.41) is 0. The lowest BCUT2D eigenvalue weighted by molar-refractivity contribution is -0.142. The quantitative estimate of drug-likeness (QED) is 0.793. The van der Waals surface area contributed by atoms with Crippen LogP contribution < -0.4 is 0 Å². The maximum atomic E-state index is 12.0. The maximum Gasteiger partial charge on any atom is 0.142 e. The number of rotatable bonds is 2. The molecule has 2 bridgehead atoms. The lowest BCUT2D eigenvalue weighted by Gasteiger charge is -2.39. The highest BCUT2D eigenvalue weighted by Crippen LogP contribution is 2.30. The average Bonchev–Trinajstić information content (AvgIpc) is 2.33. The fourth-order valence-corrected chi connectivity index (χ4v) is 3.15. The summed E-state index contributed by atoms with van der Waals surface area (Å²) in [7, 11) is 0. The molecule has 1 saturated heterocycles. The summed E-state index contributed by atoms with van der Waals surface area (Å²) in [5.41, 5.74) is 1.27. The van der Waals surface area contributed by atoms with E-state index < -0.39 is 0 Å². The molecule has 0 amide bonds. The molecule has 2 fully saturated rings. The molecule has 0 spiro atoms. The first-order valence-electron chi connectivity index (χ1n) is 6.54. The Morgan fingerprint density at radius 2 is 1.61 bits per heavy atom. The van der Waals surface area contributed by atoms with Crippen molar-refractivity contribution in [2.24, 2.45) is 11.8 Å². The highest BCUT2D eigenvalue weighted by molar-refractivity contribution is 5.97. The first-order chi connectivity index (χ1) is 8.72. The van der Waals surface area contributed by atoms with Gasteiger partial charge in [-0.25, -0.2) is 0 Å². The van der Waals surface area contributed by atoms with Gasteiger partial charge >= 0.3 is 0 Å². The van der Waals surface area contributed by atoms with Crippen LogP contribution in [0.3, 0.4) is 0 Å². The molecule has 1 aromatic carbocycles. The molecule has 0 radical (unpaired) electrons. The van der Waals surface area contributed by atoms with Crippen molar-refractivity contribution < 1.29 is 9.59 Å². The van der Waals surface area contributed by atoms with Gasteiger partial charge in [0.15, 0.2) is 0 Å². The zero-order chi connectivity index (χ0) is 12.5. The molecule has 1 aliphatic carbocycles. The molecule has 0 unspecified atom stereocenters. The Hall–Kier alpha value is -1.48. The Morgan fingerprint density at radius 3 is 2.22 bits per heavy atom. The van der Waals surface area contributed by atoms with Crippen molar-refractivity contribution in [3.8, 4) is 0 Å². The zero-order valence-electron chi connectivity index (χ0n) is 10.3. The van der Waals surface area contributed by atoms with Gasteiger partial charge in [-0.05, 0) is 5.56 Å². The van der Waals surface area contributed by atoms with Gasteiger partial charge in [0.2, 0.25) is 0 Å². The molecular weight excluding hydrogens is 226 g/mol. The highest BCUT2D eigenvalue weighted by atomic mass is 16.1. The van der Waals surface area contributed by atoms with Crippen molar-refractivity contribution in [1.29, 1.82) is 0 Å². The fourth-order valence-electron chi connectivity index (χ4n) is 3.15. The molecule has 2 atom stereocenters. The van der Waals surface area contributed by atoms with Crippen LogP contribution in [0.2, 0.25) is 0 Å². The Bertz CT molecular complexity index is 449. The smallest absolute Gasteiger partial charge is 0.142 e. The molecule has 1 aromatic rings. The molecule has 3 rings (SSSR count). The van der Waals surface area contributed by atoms with Gasteiger partial charge in [-0.2, -0.15) is 0 Å². The summed E-state index contributed by atoms with van der Waals surface area (Å²) in [6.07, 6.45) is 0.918. The monoisotopic (exact) mass is 243 g/mol. The standard InChI is InChI=1S/C15H17NO2/c17-14-6-12-9-16(10-13(7-14)15(12)18)8-11-4-2-1-3-5-11/h1-5,12-13H,6-10H2/t12-,13+. The summed E-state index contributed by atoms with van der Waals surface area (Å²) >= 11 is 0. The van der Waals surface area contributed by atoms with E-state index in [0.717, 1.165) is 19.6 Å². The number of hydrogen-bond acceptors (Lipinski definition) is 3. The first-order valence-corrected chi connectivity index (χ1v) is 6.54. The third-order valence-electron chi connectivity index (χ3n) is 3.96. The Labute approximate surface area is 107 Å². The van der Waals surface area contributed by atoms with Gasteiger partial charge in [-0.3, -0.25) is 14.5 Å². The zero-order valence-corrected chi connectivity index (χ0v) is 10.3. The SMILES string of the molecule is O=C1C[C@@H]2CN(Cc3ccccc3)C[C@H](C1)C2=O. The van der Waals surface area contributed by atoms with Crippen molar-refractivity contribution in [1.82, 2.24) is 4.90 Å². The van der Waals surface area contributed by atoms with Crippen LogP contribution in [0.15, 0.2) is 30.3 Å². The van der Waals surface area contributed by atoms with E-state index in [4.69, 9.17) is 0 Å². The van der Waals surface area contributed by atoms with E-state index in [1.54, 1.807) is 0 Å². The van der Waals surface area contributed by atoms with Crippen molar-refractivity contribution in [3.63, 3.8) is 0 Å². The second kappa shape index (κ2) is 4.65. The van der Waals surface area contributed by atoms with E-state index in [0.29, 0.717) is 18.6 Å². The van der Waals surface area contributed by atoms with Crippen LogP contribution in [0, 0.1) is 11.8 Å². The Balaban J connectivity index is 1.70. The van der Waals surface area contributed by atoms with Crippen molar-refractivity contribution in [2.45, 2.75) is 19.4 Å². The number of piperidine rings is 1. The second-order valence-corrected chi connectivity index (χ2v) is 5.42. The minimum Gasteiger partial charge on any atom is -0.300 e. The topological polar surface area (TPSA) is 37.4 Å². The van der Waals surface area contributed by atoms with E-state index in [1.165, 1.54) is 5.56 Å². The van der Waals surface area contributed by atoms with E-state index >= 15 is 0 Å². The molecule has 94 valence electrons. The molecule has 0 N–H and O–H groups in total. The van der Waals surface area contributed by atoms with Crippen molar-refractivity contribution in [3.05, 3.63) is 35.9 Å². The number of hydrogen-bond donors (Lipinski definition) is 0. The van der Waals surface area contributed by atoms with Crippen LogP contribution in [0.25, 0.3) is 0 Å². The second-order valence-electron chi connectivity index (χ2n) is 5.42. The minimum atomic E-state index is -0.0475. The number of benzene rings is 1. The predicted octanol–water partition coefficient (Wildman–Crippen LogP) is 1.67. The largest absolute Gasteiger partial charge is 0.300 e. The summed E-state index contributed by atoms with van der Waals surface area (Å²) in [5.74, 6) is 0.491. The molecule has 1 heterocycles. The van der Waals surface area contributed by atoms with Gasteiger partial charge < -0.3 is 0 Å². The van der Waals surface area contributed by atoms with Crippen LogP contribution in [-0.4, -0.2) is 29.6 Å². The summed E-state index contributed by atoms with van der Waals surface area (Å²) < 4.78 is 0. The molecule has 2 aliphatic rings. The minimum absolute atomic E-state index is 0.0475. The Kier molecular flexibility index (Phi) is 3.00.